The molecule has 56 heavy (non-hydrogen) atoms. The molecular formula is C42H74N5O8P. The van der Waals surface area contributed by atoms with Crippen LogP contribution in [0, 0.1) is 10.1 Å². The maximum atomic E-state index is 12.9. The number of likely N-dealkylation sites (N-methyl/N-ethyl adjacent to an activating group) is 1. The van der Waals surface area contributed by atoms with Crippen molar-refractivity contribution in [2.75, 3.05) is 40.5 Å². The van der Waals surface area contributed by atoms with Gasteiger partial charge in [0.1, 0.15) is 26.3 Å². The molecule has 0 spiro atoms. The van der Waals surface area contributed by atoms with Crippen LogP contribution in [0.1, 0.15) is 160 Å². The van der Waals surface area contributed by atoms with Gasteiger partial charge in [-0.05, 0) is 60.5 Å². The summed E-state index contributed by atoms with van der Waals surface area (Å²) >= 11 is 0. The number of benzene rings is 1. The molecule has 13 nitrogen and oxygen atoms in total. The number of aliphatic hydroxyl groups excluding tert-OH is 1. The molecule has 0 aliphatic rings. The number of fused-ring (bicyclic) bond motifs is 1. The van der Waals surface area contributed by atoms with Crippen LogP contribution in [0.2, 0.25) is 0 Å². The predicted octanol–water partition coefficient (Wildman–Crippen LogP) is 9.34. The molecule has 0 saturated carbocycles. The van der Waals surface area contributed by atoms with Crippen molar-refractivity contribution in [2.45, 2.75) is 173 Å². The topological polar surface area (TPSA) is 181 Å². The molecule has 2 aromatic rings. The van der Waals surface area contributed by atoms with Crippen molar-refractivity contribution in [2.24, 2.45) is 0 Å². The van der Waals surface area contributed by atoms with Gasteiger partial charge in [0, 0.05) is 18.6 Å². The van der Waals surface area contributed by atoms with Crippen molar-refractivity contribution in [3.63, 3.8) is 0 Å². The third-order valence-electron chi connectivity index (χ3n) is 10.4. The summed E-state index contributed by atoms with van der Waals surface area (Å²) < 4.78 is 23.3. The first-order valence-corrected chi connectivity index (χ1v) is 23.3. The van der Waals surface area contributed by atoms with Crippen LogP contribution in [0.5, 0.6) is 0 Å². The number of aliphatic hydroxyl groups is 1. The number of hydrogen-bond donors (Lipinski definition) is 2. The average Bonchev–Trinajstić information content (AvgIpc) is 3.64. The molecule has 14 heteroatoms. The summed E-state index contributed by atoms with van der Waals surface area (Å²) in [7, 11) is 1.77. The zero-order chi connectivity index (χ0) is 41.1. The monoisotopic (exact) mass is 808 g/mol. The van der Waals surface area contributed by atoms with Crippen LogP contribution in [0.15, 0.2) is 28.9 Å². The largest absolute Gasteiger partial charge is 0.778 e. The van der Waals surface area contributed by atoms with Gasteiger partial charge >= 0.3 is 5.69 Å². The molecule has 1 unspecified atom stereocenters. The van der Waals surface area contributed by atoms with Crippen LogP contribution in [0.4, 0.5) is 5.69 Å². The van der Waals surface area contributed by atoms with Crippen LogP contribution < -0.4 is 10.2 Å². The highest BCUT2D eigenvalue weighted by Gasteiger charge is 2.23. The molecule has 0 fully saturated rings. The number of non-ortho nitro benzene ring substituents is 1. The SMILES string of the molecule is CCCCCCCCCCCCCCCC(=O)N[C@@H](CCP(=O)([O-])OCC[N+](C)(C)C)[C@H](O)/C=C/CCCCCCCCCc1ccc([N+](=O)[O-])c2nonc12. The maximum Gasteiger partial charge on any atom is 0.300 e. The summed E-state index contributed by atoms with van der Waals surface area (Å²) in [6, 6.07) is 2.48. The molecule has 1 aromatic carbocycles. The summed E-state index contributed by atoms with van der Waals surface area (Å²) in [5.74, 6) is -0.159. The molecule has 320 valence electrons. The smallest absolute Gasteiger partial charge is 0.300 e. The zero-order valence-electron chi connectivity index (χ0n) is 35.1. The van der Waals surface area contributed by atoms with Crippen molar-refractivity contribution in [1.82, 2.24) is 15.6 Å². The number of hydrogen-bond acceptors (Lipinski definition) is 10. The Hall–Kier alpha value is -2.70. The normalized spacial score (nSPS) is 14.3. The molecule has 1 heterocycles. The fourth-order valence-corrected chi connectivity index (χ4v) is 7.89. The van der Waals surface area contributed by atoms with Gasteiger partial charge in [-0.3, -0.25) is 14.9 Å². The van der Waals surface area contributed by atoms with E-state index >= 15 is 0 Å². The lowest BCUT2D eigenvalue weighted by atomic mass is 10.0. The van der Waals surface area contributed by atoms with Gasteiger partial charge in [0.15, 0.2) is 0 Å². The van der Waals surface area contributed by atoms with E-state index in [2.05, 4.69) is 22.6 Å². The van der Waals surface area contributed by atoms with E-state index in [0.29, 0.717) is 23.0 Å². The number of unbranched alkanes of at least 4 members (excludes halogenated alkanes) is 19. The first-order valence-electron chi connectivity index (χ1n) is 21.6. The number of carbonyl (C=O) groups is 1. The van der Waals surface area contributed by atoms with Gasteiger partial charge in [-0.15, -0.1) is 0 Å². The number of nitrogens with zero attached hydrogens (tertiary/aromatic N) is 4. The molecule has 1 aromatic heterocycles. The summed E-state index contributed by atoms with van der Waals surface area (Å²) in [6.07, 6.45) is 27.6. The van der Waals surface area contributed by atoms with Crippen LogP contribution in [0.25, 0.3) is 11.0 Å². The number of carbonyl (C=O) groups excluding carboxylic acids is 1. The average molecular weight is 808 g/mol. The minimum atomic E-state index is -4.13. The minimum Gasteiger partial charge on any atom is -0.778 e. The van der Waals surface area contributed by atoms with Gasteiger partial charge in [0.05, 0.1) is 38.2 Å². The van der Waals surface area contributed by atoms with Crippen LogP contribution in [-0.4, -0.2) is 83.3 Å². The quantitative estimate of drug-likeness (QED) is 0.0170. The van der Waals surface area contributed by atoms with E-state index in [9.17, 15) is 29.5 Å². The number of nitro groups is 1. The van der Waals surface area contributed by atoms with Crippen LogP contribution in [-0.2, 0) is 20.3 Å². The second-order valence-electron chi connectivity index (χ2n) is 16.5. The Morgan fingerprint density at radius 2 is 1.45 bits per heavy atom. The number of allylic oxidation sites excluding steroid dienone is 1. The molecule has 0 saturated heterocycles. The van der Waals surface area contributed by atoms with E-state index in [1.807, 2.05) is 27.2 Å². The number of aryl methyl sites for hydroxylation is 1. The number of quaternary nitrogens is 1. The Morgan fingerprint density at radius 3 is 2.04 bits per heavy atom. The van der Waals surface area contributed by atoms with Crippen molar-refractivity contribution in [3.8, 4) is 0 Å². The van der Waals surface area contributed by atoms with Crippen molar-refractivity contribution >= 4 is 30.2 Å². The highest BCUT2D eigenvalue weighted by atomic mass is 31.2. The lowest BCUT2D eigenvalue weighted by Crippen LogP contribution is -2.43. The number of rotatable bonds is 35. The lowest BCUT2D eigenvalue weighted by molar-refractivity contribution is -0.870. The third-order valence-corrected chi connectivity index (χ3v) is 11.7. The Bertz CT molecular complexity index is 1450. The second-order valence-corrected chi connectivity index (χ2v) is 18.5. The first kappa shape index (κ1) is 49.4. The van der Waals surface area contributed by atoms with Crippen LogP contribution in [0.3, 0.4) is 0 Å². The molecule has 0 aliphatic carbocycles. The highest BCUT2D eigenvalue weighted by Crippen LogP contribution is 2.38. The number of nitrogens with one attached hydrogen (secondary N) is 1. The molecule has 3 atom stereocenters. The Labute approximate surface area is 336 Å². The van der Waals surface area contributed by atoms with Crippen molar-refractivity contribution < 1.29 is 37.9 Å². The number of amides is 1. The minimum absolute atomic E-state index is 0.0750. The first-order chi connectivity index (χ1) is 26.8. The van der Waals surface area contributed by atoms with Crippen molar-refractivity contribution in [1.29, 1.82) is 0 Å². The fraction of sp³-hybridized carbons (Fsp3) is 0.786. The van der Waals surface area contributed by atoms with Gasteiger partial charge in [-0.25, -0.2) is 4.63 Å². The molecular weight excluding hydrogens is 733 g/mol. The van der Waals surface area contributed by atoms with Crippen molar-refractivity contribution in [3.05, 3.63) is 40.0 Å². The summed E-state index contributed by atoms with van der Waals surface area (Å²) in [6.45, 7) is 2.89. The Balaban J connectivity index is 1.68. The summed E-state index contributed by atoms with van der Waals surface area (Å²) in [4.78, 5) is 36.3. The Kier molecular flexibility index (Phi) is 25.3. The van der Waals surface area contributed by atoms with Gasteiger partial charge in [0.25, 0.3) is 0 Å². The standard InChI is InChI=1S/C42H74N5O8P/c1-5-6-7-8-9-10-11-12-13-17-20-23-26-29-40(49)43-37(32-35-56(52,53)54-34-33-47(2,3)4)39(48)28-25-22-19-16-14-15-18-21-24-27-36-30-31-38(46(50)51)42-41(36)44-55-45-42/h25,28,30-31,37,39,48H,5-24,26-27,29,32-35H2,1-4H3,(H-,43,49,52,53)/b28-25+/t37-,39+/m0/s1. The van der Waals surface area contributed by atoms with Gasteiger partial charge < -0.3 is 28.9 Å². The fourth-order valence-electron chi connectivity index (χ4n) is 6.81. The lowest BCUT2D eigenvalue weighted by Gasteiger charge is -2.29. The predicted molar refractivity (Wildman–Crippen MR) is 222 cm³/mol. The van der Waals surface area contributed by atoms with E-state index in [4.69, 9.17) is 9.15 Å². The van der Waals surface area contributed by atoms with E-state index in [1.54, 1.807) is 12.1 Å². The maximum absolute atomic E-state index is 12.9. The molecule has 2 rings (SSSR count). The number of aromatic nitrogens is 2. The third kappa shape index (κ3) is 22.9. The Morgan fingerprint density at radius 1 is 0.893 bits per heavy atom. The second kappa shape index (κ2) is 28.7. The van der Waals surface area contributed by atoms with Crippen LogP contribution >= 0.6 is 7.60 Å². The van der Waals surface area contributed by atoms with E-state index in [-0.39, 0.29) is 36.3 Å². The van der Waals surface area contributed by atoms with E-state index in [0.717, 1.165) is 82.6 Å². The van der Waals surface area contributed by atoms with Gasteiger partial charge in [-0.1, -0.05) is 128 Å². The molecule has 0 bridgehead atoms. The molecule has 2 N–H and O–H groups in total. The number of nitro benzene ring substituents is 1. The molecule has 0 radical (unpaired) electrons. The van der Waals surface area contributed by atoms with E-state index in [1.165, 1.54) is 70.3 Å². The zero-order valence-corrected chi connectivity index (χ0v) is 36.0. The summed E-state index contributed by atoms with van der Waals surface area (Å²) in [5.41, 5.74) is 1.46. The summed E-state index contributed by atoms with van der Waals surface area (Å²) in [5, 5.41) is 32.7. The highest BCUT2D eigenvalue weighted by molar-refractivity contribution is 7.51. The molecule has 1 amide bonds. The molecule has 0 aliphatic heterocycles. The van der Waals surface area contributed by atoms with E-state index < -0.39 is 24.7 Å². The van der Waals surface area contributed by atoms with Gasteiger partial charge in [-0.2, -0.15) is 0 Å². The van der Waals surface area contributed by atoms with Gasteiger partial charge in [0.2, 0.25) is 11.4 Å².